The SMILES string of the molecule is CC[C@@]1(C)C2C[C@H](C)[C@@]3(C)Oc4cc(-c5cccnc5)oc(=O)c4[C@H](O)C3[C@@]2(C)CC[C@@H]1C.CC[C@@]1(C)C2C[C@H](C)[C@@]3(C)Oc4cc(-c5cccnc5)oc(=O)c4[C@H](O)C3[C@@]2(C)CC[C@@H]1C. The van der Waals surface area contributed by atoms with Crippen molar-refractivity contribution < 1.29 is 28.5 Å². The van der Waals surface area contributed by atoms with Gasteiger partial charge in [0.1, 0.15) is 45.3 Å². The summed E-state index contributed by atoms with van der Waals surface area (Å²) < 4.78 is 24.9. The minimum absolute atomic E-state index is 0.121. The summed E-state index contributed by atoms with van der Waals surface area (Å²) in [5.74, 6) is 4.09. The second-order valence-corrected chi connectivity index (χ2v) is 23.2. The lowest BCUT2D eigenvalue weighted by Crippen LogP contribution is -2.67. The molecule has 10 rings (SSSR count). The number of aliphatic hydroxyl groups is 2. The highest BCUT2D eigenvalue weighted by atomic mass is 16.5. The van der Waals surface area contributed by atoms with Crippen LogP contribution in [0.25, 0.3) is 22.6 Å². The predicted octanol–water partition coefficient (Wildman–Crippen LogP) is 12.0. The van der Waals surface area contributed by atoms with Crippen molar-refractivity contribution >= 4 is 0 Å². The summed E-state index contributed by atoms with van der Waals surface area (Å²) in [6.07, 6.45) is 13.6. The molecule has 0 saturated heterocycles. The van der Waals surface area contributed by atoms with Gasteiger partial charge in [-0.1, -0.05) is 82.1 Å². The minimum Gasteiger partial charge on any atom is -0.486 e. The van der Waals surface area contributed by atoms with Crippen LogP contribution in [-0.4, -0.2) is 31.4 Å². The highest BCUT2D eigenvalue weighted by Crippen LogP contribution is 2.71. The van der Waals surface area contributed by atoms with Crippen LogP contribution < -0.4 is 20.7 Å². The third kappa shape index (κ3) is 6.67. The largest absolute Gasteiger partial charge is 0.486 e. The molecule has 4 saturated carbocycles. The fourth-order valence-corrected chi connectivity index (χ4v) is 15.8. The third-order valence-electron chi connectivity index (χ3n) is 20.7. The summed E-state index contributed by atoms with van der Waals surface area (Å²) in [5, 5.41) is 23.7. The molecule has 2 aliphatic heterocycles. The van der Waals surface area contributed by atoms with Gasteiger partial charge in [0.05, 0.1) is 12.2 Å². The van der Waals surface area contributed by atoms with Crippen LogP contribution in [0.15, 0.2) is 79.6 Å². The quantitative estimate of drug-likeness (QED) is 0.203. The molecule has 4 fully saturated rings. The predicted molar refractivity (Wildman–Crippen MR) is 256 cm³/mol. The van der Waals surface area contributed by atoms with E-state index in [9.17, 15) is 19.8 Å². The van der Waals surface area contributed by atoms with Crippen LogP contribution in [0.1, 0.15) is 158 Å². The molecule has 0 amide bonds. The molecule has 10 heteroatoms. The zero-order chi connectivity index (χ0) is 47.5. The molecular formula is C56H74N2O8. The van der Waals surface area contributed by atoms with Gasteiger partial charge in [0.25, 0.3) is 0 Å². The van der Waals surface area contributed by atoms with Crippen molar-refractivity contribution in [2.24, 2.45) is 69.0 Å². The van der Waals surface area contributed by atoms with Crippen molar-refractivity contribution in [2.45, 2.75) is 158 Å². The Bertz CT molecular complexity index is 2400. The van der Waals surface area contributed by atoms with E-state index in [-0.39, 0.29) is 56.5 Å². The Morgan fingerprint density at radius 1 is 0.606 bits per heavy atom. The molecule has 0 spiro atoms. The van der Waals surface area contributed by atoms with E-state index in [0.717, 1.165) is 51.4 Å². The number of pyridine rings is 2. The van der Waals surface area contributed by atoms with E-state index in [2.05, 4.69) is 93.1 Å². The van der Waals surface area contributed by atoms with Gasteiger partial charge < -0.3 is 28.5 Å². The highest BCUT2D eigenvalue weighted by Gasteiger charge is 2.69. The van der Waals surface area contributed by atoms with E-state index in [1.807, 2.05) is 12.1 Å². The molecule has 6 heterocycles. The average Bonchev–Trinajstić information content (AvgIpc) is 3.28. The molecule has 16 atom stereocenters. The van der Waals surface area contributed by atoms with Gasteiger partial charge in [-0.3, -0.25) is 9.97 Å². The van der Waals surface area contributed by atoms with Crippen LogP contribution in [0.3, 0.4) is 0 Å². The number of fused-ring (bicyclic) bond motifs is 8. The third-order valence-corrected chi connectivity index (χ3v) is 20.7. The summed E-state index contributed by atoms with van der Waals surface area (Å²) in [7, 11) is 0. The van der Waals surface area contributed by atoms with Crippen molar-refractivity contribution in [3.63, 3.8) is 0 Å². The monoisotopic (exact) mass is 903 g/mol. The van der Waals surface area contributed by atoms with Gasteiger partial charge in [-0.25, -0.2) is 9.59 Å². The lowest BCUT2D eigenvalue weighted by Gasteiger charge is -2.67. The normalized spacial score (nSPS) is 42.0. The number of aliphatic hydroxyl groups excluding tert-OH is 2. The van der Waals surface area contributed by atoms with Gasteiger partial charge >= 0.3 is 11.3 Å². The van der Waals surface area contributed by atoms with Gasteiger partial charge in [0.2, 0.25) is 0 Å². The molecule has 10 nitrogen and oxygen atoms in total. The van der Waals surface area contributed by atoms with E-state index in [4.69, 9.17) is 18.3 Å². The number of rotatable bonds is 4. The number of ether oxygens (including phenoxy) is 2. The van der Waals surface area contributed by atoms with Crippen LogP contribution >= 0.6 is 0 Å². The topological polar surface area (TPSA) is 145 Å². The molecule has 356 valence electrons. The Kier molecular flexibility index (Phi) is 11.5. The molecule has 0 bridgehead atoms. The Morgan fingerprint density at radius 3 is 1.32 bits per heavy atom. The van der Waals surface area contributed by atoms with Crippen LogP contribution in [0.4, 0.5) is 0 Å². The van der Waals surface area contributed by atoms with Crippen molar-refractivity contribution in [2.75, 3.05) is 0 Å². The Labute approximate surface area is 391 Å². The summed E-state index contributed by atoms with van der Waals surface area (Å²) in [5.41, 5.74) is -0.00332. The zero-order valence-corrected chi connectivity index (χ0v) is 41.4. The summed E-state index contributed by atoms with van der Waals surface area (Å²) >= 11 is 0. The Balaban J connectivity index is 0.000000166. The molecule has 4 aromatic heterocycles. The van der Waals surface area contributed by atoms with Gasteiger partial charge in [-0.2, -0.15) is 0 Å². The smallest absolute Gasteiger partial charge is 0.345 e. The van der Waals surface area contributed by atoms with E-state index in [0.29, 0.717) is 57.8 Å². The molecule has 4 aromatic rings. The molecule has 4 aliphatic carbocycles. The first-order valence-corrected chi connectivity index (χ1v) is 25.0. The number of nitrogens with zero attached hydrogens (tertiary/aromatic N) is 2. The van der Waals surface area contributed by atoms with Gasteiger partial charge in [-0.05, 0) is 134 Å². The summed E-state index contributed by atoms with van der Waals surface area (Å²) in [4.78, 5) is 34.7. The molecule has 0 aromatic carbocycles. The first kappa shape index (κ1) is 46.8. The second kappa shape index (κ2) is 16.2. The maximum absolute atomic E-state index is 13.2. The maximum Gasteiger partial charge on any atom is 0.345 e. The average molecular weight is 903 g/mol. The molecular weight excluding hydrogens is 829 g/mol. The summed E-state index contributed by atoms with van der Waals surface area (Å²) in [6.45, 7) is 27.8. The molecule has 66 heavy (non-hydrogen) atoms. The fourth-order valence-electron chi connectivity index (χ4n) is 15.8. The fraction of sp³-hybridized carbons (Fsp3) is 0.643. The molecule has 0 radical (unpaired) electrons. The highest BCUT2D eigenvalue weighted by molar-refractivity contribution is 5.60. The maximum atomic E-state index is 13.2. The molecule has 4 unspecified atom stereocenters. The zero-order valence-electron chi connectivity index (χ0n) is 41.4. The molecule has 6 aliphatic rings. The van der Waals surface area contributed by atoms with E-state index in [1.54, 1.807) is 49.1 Å². The number of hydrogen-bond acceptors (Lipinski definition) is 10. The second-order valence-electron chi connectivity index (χ2n) is 23.2. The van der Waals surface area contributed by atoms with Crippen LogP contribution in [0.2, 0.25) is 0 Å². The van der Waals surface area contributed by atoms with Crippen molar-refractivity contribution in [3.8, 4) is 34.1 Å². The van der Waals surface area contributed by atoms with Gasteiger partial charge in [0.15, 0.2) is 0 Å². The van der Waals surface area contributed by atoms with Crippen molar-refractivity contribution in [1.29, 1.82) is 0 Å². The Morgan fingerprint density at radius 2 is 0.985 bits per heavy atom. The first-order chi connectivity index (χ1) is 31.1. The van der Waals surface area contributed by atoms with Crippen LogP contribution in [0, 0.1) is 69.0 Å². The number of hydrogen-bond donors (Lipinski definition) is 2. The van der Waals surface area contributed by atoms with Crippen LogP contribution in [-0.2, 0) is 0 Å². The first-order valence-electron chi connectivity index (χ1n) is 25.0. The number of aromatic nitrogens is 2. The standard InChI is InChI=1S/2C28H37NO4/c2*1-7-26(4)16(2)10-11-27(5)21(26)13-17(3)28(6)24(27)23(30)22-20(33-28)14-19(32-25(22)31)18-9-8-12-29-15-18/h2*8-9,12,14-17,21,23-24,30H,7,10-11,13H2,1-6H3/t2*16-,17-,21?,23-,24?,26+,27-,28+/m00/s1. The summed E-state index contributed by atoms with van der Waals surface area (Å²) in [6, 6.07) is 10.8. The Hall–Kier alpha value is -4.28. The lowest BCUT2D eigenvalue weighted by molar-refractivity contribution is -0.235. The van der Waals surface area contributed by atoms with Gasteiger partial charge in [0, 0.05) is 59.9 Å². The van der Waals surface area contributed by atoms with E-state index in [1.165, 1.54) is 0 Å². The van der Waals surface area contributed by atoms with Crippen LogP contribution in [0.5, 0.6) is 11.5 Å². The van der Waals surface area contributed by atoms with Crippen molar-refractivity contribution in [3.05, 3.63) is 93.2 Å². The van der Waals surface area contributed by atoms with E-state index < -0.39 is 34.7 Å². The van der Waals surface area contributed by atoms with Crippen molar-refractivity contribution in [1.82, 2.24) is 9.97 Å². The minimum atomic E-state index is -0.914. The molecule has 2 N–H and O–H groups in total. The lowest BCUT2D eigenvalue weighted by atomic mass is 9.40. The van der Waals surface area contributed by atoms with E-state index >= 15 is 0 Å². The van der Waals surface area contributed by atoms with Gasteiger partial charge in [-0.15, -0.1) is 0 Å².